The number of carboxylic acids is 2. The number of ether oxygens (including phenoxy) is 2. The minimum Gasteiger partial charge on any atom is -0.481 e. The first-order valence-electron chi connectivity index (χ1n) is 5.93. The van der Waals surface area contributed by atoms with E-state index >= 15 is 0 Å². The maximum atomic E-state index is 11.6. The topological polar surface area (TPSA) is 143 Å². The SMILES string of the molecule is CCOC(=O)C1OC1C(=O)N[C@@H](CCC(=O)O)C(=O)O. The lowest BCUT2D eigenvalue weighted by atomic mass is 10.1. The molecule has 0 spiro atoms. The van der Waals surface area contributed by atoms with Gasteiger partial charge in [0.15, 0.2) is 12.2 Å². The van der Waals surface area contributed by atoms with Gasteiger partial charge in [0.1, 0.15) is 6.04 Å². The van der Waals surface area contributed by atoms with Gasteiger partial charge in [-0.3, -0.25) is 9.59 Å². The Balaban J connectivity index is 2.46. The third-order valence-electron chi connectivity index (χ3n) is 2.53. The average Bonchev–Trinajstić information content (AvgIpc) is 3.14. The fourth-order valence-electron chi connectivity index (χ4n) is 1.49. The molecule has 9 nitrogen and oxygen atoms in total. The number of rotatable bonds is 8. The predicted molar refractivity (Wildman–Crippen MR) is 61.7 cm³/mol. The zero-order chi connectivity index (χ0) is 15.3. The van der Waals surface area contributed by atoms with Crippen molar-refractivity contribution in [3.63, 3.8) is 0 Å². The molecule has 9 heteroatoms. The van der Waals surface area contributed by atoms with Crippen LogP contribution in [0.1, 0.15) is 19.8 Å². The van der Waals surface area contributed by atoms with Crippen LogP contribution in [0.15, 0.2) is 0 Å². The van der Waals surface area contributed by atoms with Crippen molar-refractivity contribution >= 4 is 23.8 Å². The number of esters is 1. The lowest BCUT2D eigenvalue weighted by molar-refractivity contribution is -0.144. The molecule has 3 N–H and O–H groups in total. The second-order valence-electron chi connectivity index (χ2n) is 4.06. The monoisotopic (exact) mass is 289 g/mol. The van der Waals surface area contributed by atoms with Crippen LogP contribution in [0, 0.1) is 0 Å². The van der Waals surface area contributed by atoms with Crippen molar-refractivity contribution in [1.82, 2.24) is 5.32 Å². The molecule has 2 unspecified atom stereocenters. The zero-order valence-electron chi connectivity index (χ0n) is 10.7. The molecule has 0 bridgehead atoms. The molecular weight excluding hydrogens is 274 g/mol. The summed E-state index contributed by atoms with van der Waals surface area (Å²) in [6, 6.07) is -1.34. The molecule has 0 aromatic heterocycles. The van der Waals surface area contributed by atoms with Crippen molar-refractivity contribution < 1.29 is 38.9 Å². The number of aliphatic carboxylic acids is 2. The van der Waals surface area contributed by atoms with Gasteiger partial charge in [-0.25, -0.2) is 9.59 Å². The van der Waals surface area contributed by atoms with Gasteiger partial charge in [0, 0.05) is 6.42 Å². The Morgan fingerprint density at radius 3 is 2.40 bits per heavy atom. The number of carboxylic acid groups (broad SMARTS) is 2. The highest BCUT2D eigenvalue weighted by Crippen LogP contribution is 2.23. The zero-order valence-corrected chi connectivity index (χ0v) is 10.7. The quantitative estimate of drug-likeness (QED) is 0.371. The van der Waals surface area contributed by atoms with E-state index in [1.54, 1.807) is 6.92 Å². The summed E-state index contributed by atoms with van der Waals surface area (Å²) in [5, 5.41) is 19.5. The second-order valence-corrected chi connectivity index (χ2v) is 4.06. The van der Waals surface area contributed by atoms with E-state index in [4.69, 9.17) is 14.9 Å². The summed E-state index contributed by atoms with van der Waals surface area (Å²) in [5.74, 6) is -3.99. The first-order chi connectivity index (χ1) is 9.36. The highest BCUT2D eigenvalue weighted by atomic mass is 16.6. The molecule has 20 heavy (non-hydrogen) atoms. The number of carbonyl (C=O) groups excluding carboxylic acids is 2. The second kappa shape index (κ2) is 6.85. The van der Waals surface area contributed by atoms with Crippen molar-refractivity contribution in [2.75, 3.05) is 6.61 Å². The van der Waals surface area contributed by atoms with Crippen molar-refractivity contribution in [3.05, 3.63) is 0 Å². The summed E-state index contributed by atoms with van der Waals surface area (Å²) in [4.78, 5) is 44.1. The van der Waals surface area contributed by atoms with E-state index in [0.29, 0.717) is 0 Å². The molecule has 1 aliphatic rings. The van der Waals surface area contributed by atoms with Gasteiger partial charge in [-0.1, -0.05) is 0 Å². The highest BCUT2D eigenvalue weighted by molar-refractivity contribution is 5.94. The molecule has 1 amide bonds. The van der Waals surface area contributed by atoms with E-state index in [1.807, 2.05) is 0 Å². The summed E-state index contributed by atoms with van der Waals surface area (Å²) >= 11 is 0. The summed E-state index contributed by atoms with van der Waals surface area (Å²) in [6.45, 7) is 1.74. The van der Waals surface area contributed by atoms with Gasteiger partial charge in [0.05, 0.1) is 6.61 Å². The van der Waals surface area contributed by atoms with Gasteiger partial charge < -0.3 is 25.0 Å². The van der Waals surface area contributed by atoms with Gasteiger partial charge in [-0.2, -0.15) is 0 Å². The fraction of sp³-hybridized carbons (Fsp3) is 0.636. The molecule has 1 rings (SSSR count). The van der Waals surface area contributed by atoms with Crippen LogP contribution < -0.4 is 5.32 Å². The highest BCUT2D eigenvalue weighted by Gasteiger charge is 2.52. The fourth-order valence-corrected chi connectivity index (χ4v) is 1.49. The number of nitrogens with one attached hydrogen (secondary N) is 1. The Labute approximate surface area is 113 Å². The first kappa shape index (κ1) is 15.9. The molecule has 1 heterocycles. The van der Waals surface area contributed by atoms with Gasteiger partial charge in [-0.05, 0) is 13.3 Å². The standard InChI is InChI=1S/C11H15NO8/c1-2-19-11(18)8-7(20-8)9(15)12-5(10(16)17)3-4-6(13)14/h5,7-8H,2-4H2,1H3,(H,12,15)(H,13,14)(H,16,17)/t5-,7?,8?/m0/s1. The molecule has 1 aliphatic heterocycles. The number of hydrogen-bond donors (Lipinski definition) is 3. The van der Waals surface area contributed by atoms with Gasteiger partial charge in [0.2, 0.25) is 0 Å². The van der Waals surface area contributed by atoms with Crippen molar-refractivity contribution in [2.24, 2.45) is 0 Å². The van der Waals surface area contributed by atoms with E-state index in [-0.39, 0.29) is 13.0 Å². The maximum absolute atomic E-state index is 11.6. The summed E-state index contributed by atoms with van der Waals surface area (Å²) < 4.78 is 9.44. The van der Waals surface area contributed by atoms with Gasteiger partial charge in [-0.15, -0.1) is 0 Å². The lowest BCUT2D eigenvalue weighted by Gasteiger charge is -2.12. The normalized spacial score (nSPS) is 21.6. The molecule has 0 aromatic rings. The summed E-state index contributed by atoms with van der Waals surface area (Å²) in [5.41, 5.74) is 0. The number of epoxide rings is 1. The third kappa shape index (κ3) is 4.50. The van der Waals surface area contributed by atoms with Crippen molar-refractivity contribution in [3.8, 4) is 0 Å². The predicted octanol–water partition coefficient (Wildman–Crippen LogP) is -1.25. The maximum Gasteiger partial charge on any atom is 0.338 e. The van der Waals surface area contributed by atoms with Crippen LogP contribution in [-0.4, -0.2) is 58.9 Å². The Morgan fingerprint density at radius 2 is 1.90 bits per heavy atom. The first-order valence-corrected chi connectivity index (χ1v) is 5.93. The summed E-state index contributed by atoms with van der Waals surface area (Å²) in [6.07, 6.45) is -2.76. The van der Waals surface area contributed by atoms with E-state index in [1.165, 1.54) is 0 Å². The minimum atomic E-state index is -1.35. The van der Waals surface area contributed by atoms with Crippen LogP contribution in [0.2, 0.25) is 0 Å². The minimum absolute atomic E-state index is 0.142. The smallest absolute Gasteiger partial charge is 0.338 e. The molecule has 112 valence electrons. The van der Waals surface area contributed by atoms with Crippen LogP contribution in [0.3, 0.4) is 0 Å². The Morgan fingerprint density at radius 1 is 1.25 bits per heavy atom. The van der Waals surface area contributed by atoms with Crippen LogP contribution in [0.4, 0.5) is 0 Å². The number of amides is 1. The van der Waals surface area contributed by atoms with Crippen LogP contribution in [0.25, 0.3) is 0 Å². The van der Waals surface area contributed by atoms with Crippen molar-refractivity contribution in [2.45, 2.75) is 38.0 Å². The van der Waals surface area contributed by atoms with Gasteiger partial charge >= 0.3 is 17.9 Å². The van der Waals surface area contributed by atoms with E-state index < -0.39 is 48.5 Å². The molecule has 1 fully saturated rings. The van der Waals surface area contributed by atoms with Gasteiger partial charge in [0.25, 0.3) is 5.91 Å². The Kier molecular flexibility index (Phi) is 5.44. The summed E-state index contributed by atoms with van der Waals surface area (Å²) in [7, 11) is 0. The number of hydrogen-bond acceptors (Lipinski definition) is 6. The van der Waals surface area contributed by atoms with Crippen LogP contribution in [-0.2, 0) is 28.7 Å². The van der Waals surface area contributed by atoms with Crippen LogP contribution >= 0.6 is 0 Å². The average molecular weight is 289 g/mol. The largest absolute Gasteiger partial charge is 0.481 e. The molecule has 0 aromatic carbocycles. The molecule has 0 radical (unpaired) electrons. The molecular formula is C11H15NO8. The number of carbonyl (C=O) groups is 4. The van der Waals surface area contributed by atoms with Crippen LogP contribution in [0.5, 0.6) is 0 Å². The van der Waals surface area contributed by atoms with E-state index in [2.05, 4.69) is 10.1 Å². The molecule has 0 saturated carbocycles. The third-order valence-corrected chi connectivity index (χ3v) is 2.53. The molecule has 3 atom stereocenters. The van der Waals surface area contributed by atoms with E-state index in [0.717, 1.165) is 0 Å². The van der Waals surface area contributed by atoms with E-state index in [9.17, 15) is 19.2 Å². The molecule has 0 aliphatic carbocycles. The Hall–Kier alpha value is -2.16. The molecule has 1 saturated heterocycles. The lowest BCUT2D eigenvalue weighted by Crippen LogP contribution is -2.43. The van der Waals surface area contributed by atoms with Crippen molar-refractivity contribution in [1.29, 1.82) is 0 Å². The Bertz CT molecular complexity index is 421.